The summed E-state index contributed by atoms with van der Waals surface area (Å²) >= 11 is 3.02. The van der Waals surface area contributed by atoms with Crippen molar-refractivity contribution in [3.05, 3.63) is 71.9 Å². The van der Waals surface area contributed by atoms with Crippen LogP contribution in [-0.4, -0.2) is 24.4 Å². The molecule has 0 atom stereocenters. The zero-order valence-electron chi connectivity index (χ0n) is 13.5. The minimum Gasteiger partial charge on any atom is -0.269 e. The van der Waals surface area contributed by atoms with Crippen LogP contribution in [0.5, 0.6) is 0 Å². The molecule has 0 aliphatic carbocycles. The number of hydrogen-bond acceptors (Lipinski definition) is 6. The molecule has 2 heterocycles. The Morgan fingerprint density at radius 2 is 1.64 bits per heavy atom. The second-order valence-corrected chi connectivity index (χ2v) is 7.14. The molecule has 5 nitrogen and oxygen atoms in total. The van der Waals surface area contributed by atoms with Crippen molar-refractivity contribution in [2.45, 2.75) is 17.8 Å². The van der Waals surface area contributed by atoms with Crippen LogP contribution in [0.1, 0.15) is 11.3 Å². The highest BCUT2D eigenvalue weighted by Gasteiger charge is 2.19. The standard InChI is InChI=1S/C18H15N5S2/c1-13-16(25-22-19-13)17-20-21-18(23(17)15-10-6-3-7-11-15)24-12-14-8-4-2-5-9-14/h2-11H,12H2,1H3. The Balaban J connectivity index is 1.74. The van der Waals surface area contributed by atoms with Crippen molar-refractivity contribution in [2.24, 2.45) is 0 Å². The molecular formula is C18H15N5S2. The topological polar surface area (TPSA) is 56.5 Å². The lowest BCUT2D eigenvalue weighted by Crippen LogP contribution is -1.99. The Labute approximate surface area is 153 Å². The van der Waals surface area contributed by atoms with Crippen molar-refractivity contribution < 1.29 is 0 Å². The average molecular weight is 365 g/mol. The highest BCUT2D eigenvalue weighted by Crippen LogP contribution is 2.32. The van der Waals surface area contributed by atoms with Gasteiger partial charge in [0.05, 0.1) is 5.69 Å². The third-order valence-corrected chi connectivity index (χ3v) is 5.54. The highest BCUT2D eigenvalue weighted by atomic mass is 32.2. The fourth-order valence-corrected chi connectivity index (χ4v) is 4.02. The molecule has 0 N–H and O–H groups in total. The largest absolute Gasteiger partial charge is 0.269 e. The van der Waals surface area contributed by atoms with Gasteiger partial charge in [-0.3, -0.25) is 4.57 Å². The minimum absolute atomic E-state index is 0.786. The molecule has 0 spiro atoms. The Morgan fingerprint density at radius 3 is 2.32 bits per heavy atom. The molecule has 0 fully saturated rings. The molecule has 4 aromatic rings. The van der Waals surface area contributed by atoms with E-state index >= 15 is 0 Å². The van der Waals surface area contributed by atoms with Crippen LogP contribution in [0, 0.1) is 6.92 Å². The minimum atomic E-state index is 0.786. The van der Waals surface area contributed by atoms with E-state index in [9.17, 15) is 0 Å². The summed E-state index contributed by atoms with van der Waals surface area (Å²) in [5.74, 6) is 1.63. The van der Waals surface area contributed by atoms with Crippen LogP contribution in [0.2, 0.25) is 0 Å². The third kappa shape index (κ3) is 3.33. The van der Waals surface area contributed by atoms with E-state index in [2.05, 4.69) is 60.7 Å². The summed E-state index contributed by atoms with van der Waals surface area (Å²) in [6, 6.07) is 20.5. The summed E-state index contributed by atoms with van der Waals surface area (Å²) in [5, 5.41) is 13.8. The zero-order chi connectivity index (χ0) is 17.1. The maximum Gasteiger partial charge on any atom is 0.196 e. The first-order valence-electron chi connectivity index (χ1n) is 7.80. The molecule has 2 aromatic heterocycles. The molecule has 0 saturated heterocycles. The maximum atomic E-state index is 4.43. The van der Waals surface area contributed by atoms with Gasteiger partial charge in [0.1, 0.15) is 4.88 Å². The fraction of sp³-hybridized carbons (Fsp3) is 0.111. The Kier molecular flexibility index (Phi) is 4.58. The van der Waals surface area contributed by atoms with E-state index in [1.165, 1.54) is 17.1 Å². The van der Waals surface area contributed by atoms with E-state index in [0.717, 1.165) is 33.0 Å². The van der Waals surface area contributed by atoms with Gasteiger partial charge < -0.3 is 0 Å². The number of thioether (sulfide) groups is 1. The van der Waals surface area contributed by atoms with E-state index in [1.54, 1.807) is 11.8 Å². The molecule has 124 valence electrons. The Hall–Kier alpha value is -2.51. The predicted octanol–water partition coefficient (Wildman–Crippen LogP) is 4.39. The molecule has 0 bridgehead atoms. The summed E-state index contributed by atoms with van der Waals surface area (Å²) in [5.41, 5.74) is 3.16. The van der Waals surface area contributed by atoms with Crippen molar-refractivity contribution in [3.8, 4) is 16.4 Å². The van der Waals surface area contributed by atoms with Gasteiger partial charge in [-0.25, -0.2) is 0 Å². The summed E-state index contributed by atoms with van der Waals surface area (Å²) in [6.45, 7) is 1.94. The van der Waals surface area contributed by atoms with Crippen molar-refractivity contribution in [1.82, 2.24) is 24.4 Å². The van der Waals surface area contributed by atoms with Crippen molar-refractivity contribution in [3.63, 3.8) is 0 Å². The Bertz CT molecular complexity index is 964. The van der Waals surface area contributed by atoms with E-state index in [0.29, 0.717) is 0 Å². The zero-order valence-corrected chi connectivity index (χ0v) is 15.2. The van der Waals surface area contributed by atoms with Crippen molar-refractivity contribution in [1.29, 1.82) is 0 Å². The molecule has 2 aromatic carbocycles. The SMILES string of the molecule is Cc1nnsc1-c1nnc(SCc2ccccc2)n1-c1ccccc1. The molecule has 25 heavy (non-hydrogen) atoms. The summed E-state index contributed by atoms with van der Waals surface area (Å²) in [4.78, 5) is 0.947. The first-order chi connectivity index (χ1) is 12.3. The van der Waals surface area contributed by atoms with E-state index in [4.69, 9.17) is 0 Å². The first-order valence-corrected chi connectivity index (χ1v) is 9.56. The van der Waals surface area contributed by atoms with Gasteiger partial charge in [-0.05, 0) is 36.2 Å². The summed E-state index contributed by atoms with van der Waals surface area (Å²) in [6.07, 6.45) is 0. The molecule has 0 aliphatic heterocycles. The van der Waals surface area contributed by atoms with Crippen LogP contribution in [0.3, 0.4) is 0 Å². The molecule has 0 saturated carbocycles. The molecule has 0 radical (unpaired) electrons. The molecule has 0 amide bonds. The lowest BCUT2D eigenvalue weighted by atomic mass is 10.2. The number of para-hydroxylation sites is 1. The van der Waals surface area contributed by atoms with E-state index in [1.807, 2.05) is 31.2 Å². The van der Waals surface area contributed by atoms with Crippen LogP contribution in [0.25, 0.3) is 16.4 Å². The third-order valence-electron chi connectivity index (χ3n) is 3.71. The quantitative estimate of drug-likeness (QED) is 0.491. The van der Waals surface area contributed by atoms with Gasteiger partial charge in [0, 0.05) is 11.4 Å². The van der Waals surface area contributed by atoms with Crippen LogP contribution >= 0.6 is 23.3 Å². The van der Waals surface area contributed by atoms with Gasteiger partial charge in [0.2, 0.25) is 0 Å². The average Bonchev–Trinajstić information content (AvgIpc) is 3.27. The van der Waals surface area contributed by atoms with Gasteiger partial charge in [0.25, 0.3) is 0 Å². The lowest BCUT2D eigenvalue weighted by molar-refractivity contribution is 0.886. The van der Waals surface area contributed by atoms with Crippen molar-refractivity contribution in [2.75, 3.05) is 0 Å². The number of rotatable bonds is 5. The number of aromatic nitrogens is 5. The van der Waals surface area contributed by atoms with E-state index in [-0.39, 0.29) is 0 Å². The Morgan fingerprint density at radius 1 is 0.920 bits per heavy atom. The molecular weight excluding hydrogens is 350 g/mol. The normalized spacial score (nSPS) is 10.9. The maximum absolute atomic E-state index is 4.43. The van der Waals surface area contributed by atoms with Gasteiger partial charge in [-0.15, -0.1) is 15.3 Å². The lowest BCUT2D eigenvalue weighted by Gasteiger charge is -2.09. The molecule has 0 unspecified atom stereocenters. The van der Waals surface area contributed by atoms with Gasteiger partial charge in [0.15, 0.2) is 11.0 Å². The smallest absolute Gasteiger partial charge is 0.196 e. The second-order valence-electron chi connectivity index (χ2n) is 5.44. The summed E-state index contributed by atoms with van der Waals surface area (Å²) in [7, 11) is 0. The highest BCUT2D eigenvalue weighted by molar-refractivity contribution is 7.98. The fourth-order valence-electron chi connectivity index (χ4n) is 2.48. The number of aryl methyl sites for hydroxylation is 1. The number of benzene rings is 2. The molecule has 7 heteroatoms. The van der Waals surface area contributed by atoms with Crippen LogP contribution in [0.15, 0.2) is 65.8 Å². The summed E-state index contributed by atoms with van der Waals surface area (Å²) < 4.78 is 6.12. The molecule has 4 rings (SSSR count). The predicted molar refractivity (Wildman–Crippen MR) is 101 cm³/mol. The van der Waals surface area contributed by atoms with Crippen LogP contribution in [-0.2, 0) is 5.75 Å². The van der Waals surface area contributed by atoms with Gasteiger partial charge in [-0.1, -0.05) is 64.8 Å². The first kappa shape index (κ1) is 16.0. The monoisotopic (exact) mass is 365 g/mol. The van der Waals surface area contributed by atoms with Crippen LogP contribution in [0.4, 0.5) is 0 Å². The van der Waals surface area contributed by atoms with Crippen LogP contribution < -0.4 is 0 Å². The number of nitrogens with zero attached hydrogens (tertiary/aromatic N) is 5. The van der Waals surface area contributed by atoms with E-state index < -0.39 is 0 Å². The van der Waals surface area contributed by atoms with Gasteiger partial charge >= 0.3 is 0 Å². The van der Waals surface area contributed by atoms with Crippen molar-refractivity contribution >= 4 is 23.3 Å². The van der Waals surface area contributed by atoms with Gasteiger partial charge in [-0.2, -0.15) is 0 Å². The number of hydrogen-bond donors (Lipinski definition) is 0. The second kappa shape index (κ2) is 7.16. The molecule has 0 aliphatic rings.